The van der Waals surface area contributed by atoms with Crippen molar-refractivity contribution in [3.8, 4) is 5.75 Å². The molecule has 3 heteroatoms. The highest BCUT2D eigenvalue weighted by Gasteiger charge is 2.13. The van der Waals surface area contributed by atoms with Crippen molar-refractivity contribution in [2.45, 2.75) is 26.2 Å². The molecule has 0 bridgehead atoms. The van der Waals surface area contributed by atoms with Gasteiger partial charge in [-0.3, -0.25) is 0 Å². The second-order valence-electron chi connectivity index (χ2n) is 4.41. The van der Waals surface area contributed by atoms with E-state index in [1.165, 1.54) is 5.56 Å². The normalized spacial score (nSPS) is 11.2. The van der Waals surface area contributed by atoms with Gasteiger partial charge >= 0.3 is 5.97 Å². The average Bonchev–Trinajstić information content (AvgIpc) is 2.17. The van der Waals surface area contributed by atoms with E-state index < -0.39 is 12.6 Å². The van der Waals surface area contributed by atoms with Crippen LogP contribution in [-0.2, 0) is 10.2 Å². The fourth-order valence-corrected chi connectivity index (χ4v) is 1.19. The van der Waals surface area contributed by atoms with E-state index in [1.54, 1.807) is 12.1 Å². The Balaban J connectivity index is 2.77. The number of carbonyl (C=O) groups is 1. The van der Waals surface area contributed by atoms with Crippen molar-refractivity contribution in [3.05, 3.63) is 29.8 Å². The summed E-state index contributed by atoms with van der Waals surface area (Å²) < 4.78 is 4.84. The molecule has 0 aliphatic carbocycles. The third-order valence-electron chi connectivity index (χ3n) is 2.08. The lowest BCUT2D eigenvalue weighted by Crippen LogP contribution is -2.13. The maximum Gasteiger partial charge on any atom is 0.337 e. The minimum atomic E-state index is -0.640. The highest BCUT2D eigenvalue weighted by Crippen LogP contribution is 2.24. The lowest BCUT2D eigenvalue weighted by Gasteiger charge is -2.18. The first-order chi connectivity index (χ1) is 6.93. The summed E-state index contributed by atoms with van der Waals surface area (Å²) in [5.74, 6) is -0.180. The lowest BCUT2D eigenvalue weighted by atomic mass is 9.87. The zero-order valence-electron chi connectivity index (χ0n) is 9.28. The van der Waals surface area contributed by atoms with E-state index in [0.29, 0.717) is 5.75 Å². The Labute approximate surface area is 89.7 Å². The second kappa shape index (κ2) is 4.45. The minimum absolute atomic E-state index is 0.0829. The van der Waals surface area contributed by atoms with E-state index in [0.717, 1.165) is 0 Å². The SMILES string of the molecule is CC(C)(C)c1ccc(OC(=O)CO)cc1. The summed E-state index contributed by atoms with van der Waals surface area (Å²) in [6.45, 7) is 5.74. The van der Waals surface area contributed by atoms with Gasteiger partial charge in [-0.15, -0.1) is 0 Å². The van der Waals surface area contributed by atoms with Crippen LogP contribution in [0.15, 0.2) is 24.3 Å². The van der Waals surface area contributed by atoms with Crippen molar-refractivity contribution in [1.82, 2.24) is 0 Å². The molecule has 0 heterocycles. The Morgan fingerprint density at radius 1 is 1.27 bits per heavy atom. The van der Waals surface area contributed by atoms with E-state index in [9.17, 15) is 4.79 Å². The van der Waals surface area contributed by atoms with Crippen LogP contribution in [0.25, 0.3) is 0 Å². The number of esters is 1. The van der Waals surface area contributed by atoms with Crippen LogP contribution in [-0.4, -0.2) is 17.7 Å². The fourth-order valence-electron chi connectivity index (χ4n) is 1.19. The molecule has 0 unspecified atom stereocenters. The fraction of sp³-hybridized carbons (Fsp3) is 0.417. The van der Waals surface area contributed by atoms with Crippen LogP contribution in [0.4, 0.5) is 0 Å². The summed E-state index contributed by atoms with van der Waals surface area (Å²) in [6.07, 6.45) is 0. The summed E-state index contributed by atoms with van der Waals surface area (Å²) >= 11 is 0. The van der Waals surface area contributed by atoms with Crippen LogP contribution < -0.4 is 4.74 Å². The Morgan fingerprint density at radius 3 is 2.20 bits per heavy atom. The van der Waals surface area contributed by atoms with Gasteiger partial charge < -0.3 is 9.84 Å². The van der Waals surface area contributed by atoms with E-state index >= 15 is 0 Å². The van der Waals surface area contributed by atoms with E-state index in [4.69, 9.17) is 9.84 Å². The molecule has 1 aromatic carbocycles. The third-order valence-corrected chi connectivity index (χ3v) is 2.08. The van der Waals surface area contributed by atoms with Gasteiger partial charge in [-0.1, -0.05) is 32.9 Å². The molecule has 0 radical (unpaired) electrons. The van der Waals surface area contributed by atoms with Gasteiger partial charge in [-0.2, -0.15) is 0 Å². The summed E-state index contributed by atoms with van der Waals surface area (Å²) in [6, 6.07) is 7.29. The van der Waals surface area contributed by atoms with Crippen LogP contribution in [0.3, 0.4) is 0 Å². The second-order valence-corrected chi connectivity index (χ2v) is 4.41. The molecule has 0 amide bonds. The first-order valence-electron chi connectivity index (χ1n) is 4.85. The largest absolute Gasteiger partial charge is 0.425 e. The van der Waals surface area contributed by atoms with Crippen molar-refractivity contribution in [2.75, 3.05) is 6.61 Å². The Kier molecular flexibility index (Phi) is 3.48. The van der Waals surface area contributed by atoms with Gasteiger partial charge in [-0.05, 0) is 23.1 Å². The van der Waals surface area contributed by atoms with Gasteiger partial charge in [0.25, 0.3) is 0 Å². The average molecular weight is 208 g/mol. The Bertz CT molecular complexity index is 333. The van der Waals surface area contributed by atoms with Gasteiger partial charge in [0, 0.05) is 0 Å². The predicted octanol–water partition coefficient (Wildman–Crippen LogP) is 1.88. The van der Waals surface area contributed by atoms with E-state index in [-0.39, 0.29) is 5.41 Å². The summed E-state index contributed by atoms with van der Waals surface area (Å²) in [4.78, 5) is 10.8. The molecule has 0 atom stereocenters. The van der Waals surface area contributed by atoms with Gasteiger partial charge in [-0.25, -0.2) is 4.79 Å². The van der Waals surface area contributed by atoms with Crippen molar-refractivity contribution >= 4 is 5.97 Å². The molecule has 3 nitrogen and oxygen atoms in total. The molecule has 1 rings (SSSR count). The van der Waals surface area contributed by atoms with Crippen LogP contribution in [0, 0.1) is 0 Å². The lowest BCUT2D eigenvalue weighted by molar-refractivity contribution is -0.137. The molecule has 0 aliphatic rings. The molecule has 0 fully saturated rings. The van der Waals surface area contributed by atoms with Crippen LogP contribution in [0.5, 0.6) is 5.75 Å². The van der Waals surface area contributed by atoms with Crippen LogP contribution in [0.2, 0.25) is 0 Å². The number of carbonyl (C=O) groups excluding carboxylic acids is 1. The van der Waals surface area contributed by atoms with Gasteiger partial charge in [0.1, 0.15) is 12.4 Å². The predicted molar refractivity (Wildman–Crippen MR) is 57.9 cm³/mol. The number of rotatable bonds is 2. The quantitative estimate of drug-likeness (QED) is 0.596. The van der Waals surface area contributed by atoms with Crippen LogP contribution >= 0.6 is 0 Å². The molecule has 1 N–H and O–H groups in total. The first kappa shape index (κ1) is 11.7. The highest BCUT2D eigenvalue weighted by molar-refractivity contribution is 5.73. The van der Waals surface area contributed by atoms with Crippen molar-refractivity contribution in [2.24, 2.45) is 0 Å². The number of aliphatic hydroxyl groups is 1. The summed E-state index contributed by atoms with van der Waals surface area (Å²) in [7, 11) is 0. The molecule has 15 heavy (non-hydrogen) atoms. The number of benzene rings is 1. The Morgan fingerprint density at radius 2 is 1.80 bits per heavy atom. The van der Waals surface area contributed by atoms with Gasteiger partial charge in [0.2, 0.25) is 0 Å². The molecular formula is C12H16O3. The maximum absolute atomic E-state index is 10.8. The minimum Gasteiger partial charge on any atom is -0.425 e. The highest BCUT2D eigenvalue weighted by atomic mass is 16.5. The van der Waals surface area contributed by atoms with E-state index in [1.807, 2.05) is 12.1 Å². The Hall–Kier alpha value is -1.35. The van der Waals surface area contributed by atoms with Crippen molar-refractivity contribution in [3.63, 3.8) is 0 Å². The molecule has 1 aromatic rings. The first-order valence-corrected chi connectivity index (χ1v) is 4.85. The number of aliphatic hydroxyl groups excluding tert-OH is 1. The number of hydrogen-bond donors (Lipinski definition) is 1. The molecule has 0 spiro atoms. The molecule has 0 saturated heterocycles. The standard InChI is InChI=1S/C12H16O3/c1-12(2,3)9-4-6-10(7-5-9)15-11(14)8-13/h4-7,13H,8H2,1-3H3. The summed E-state index contributed by atoms with van der Waals surface area (Å²) in [5, 5.41) is 8.51. The van der Waals surface area contributed by atoms with Crippen LogP contribution in [0.1, 0.15) is 26.3 Å². The third kappa shape index (κ3) is 3.36. The van der Waals surface area contributed by atoms with Crippen molar-refractivity contribution < 1.29 is 14.6 Å². The zero-order chi connectivity index (χ0) is 11.5. The monoisotopic (exact) mass is 208 g/mol. The van der Waals surface area contributed by atoms with Gasteiger partial charge in [0.05, 0.1) is 0 Å². The number of ether oxygens (including phenoxy) is 1. The smallest absolute Gasteiger partial charge is 0.337 e. The van der Waals surface area contributed by atoms with Crippen molar-refractivity contribution in [1.29, 1.82) is 0 Å². The van der Waals surface area contributed by atoms with E-state index in [2.05, 4.69) is 20.8 Å². The summed E-state index contributed by atoms with van der Waals surface area (Å²) in [5.41, 5.74) is 1.26. The topological polar surface area (TPSA) is 46.5 Å². The zero-order valence-corrected chi connectivity index (χ0v) is 9.28. The molecule has 0 aromatic heterocycles. The van der Waals surface area contributed by atoms with Gasteiger partial charge in [0.15, 0.2) is 0 Å². The molecule has 0 saturated carbocycles. The molecule has 0 aliphatic heterocycles. The maximum atomic E-state index is 10.8. The molecule has 82 valence electrons. The number of hydrogen-bond acceptors (Lipinski definition) is 3. The molecular weight excluding hydrogens is 192 g/mol.